The molecular formula is C4H19ClNNaO10P2. The van der Waals surface area contributed by atoms with Crippen LogP contribution in [0.3, 0.4) is 0 Å². The summed E-state index contributed by atoms with van der Waals surface area (Å²) in [6.07, 6.45) is -0.959. The summed E-state index contributed by atoms with van der Waals surface area (Å²) in [4.78, 5) is 36.3. The Morgan fingerprint density at radius 3 is 1.58 bits per heavy atom. The maximum Gasteiger partial charge on any atom is 1.00 e. The first-order valence-corrected chi connectivity index (χ1v) is 6.77. The van der Waals surface area contributed by atoms with Crippen LogP contribution < -0.4 is 40.2 Å². The van der Waals surface area contributed by atoms with Crippen molar-refractivity contribution in [3.63, 3.8) is 0 Å². The molecule has 0 saturated heterocycles. The predicted molar refractivity (Wildman–Crippen MR) is 63.2 cm³/mol. The Kier molecular flexibility index (Phi) is 25.5. The molecule has 0 saturated carbocycles. The maximum absolute atomic E-state index is 10.7. The topological polar surface area (TPSA) is 259 Å². The van der Waals surface area contributed by atoms with Gasteiger partial charge in [0, 0.05) is 0 Å². The maximum atomic E-state index is 10.7. The Bertz CT molecular complexity index is 271. The Morgan fingerprint density at radius 1 is 1.11 bits per heavy atom. The third kappa shape index (κ3) is 9.86. The zero-order valence-corrected chi connectivity index (χ0v) is 14.6. The predicted octanol–water partition coefficient (Wildman–Crippen LogP) is -6.95. The van der Waals surface area contributed by atoms with Crippen molar-refractivity contribution in [2.45, 2.75) is 17.9 Å². The zero-order valence-electron chi connectivity index (χ0n) is 10.0. The monoisotopic (exact) mass is 361 g/mol. The molecular weight excluding hydrogens is 342 g/mol. The van der Waals surface area contributed by atoms with Gasteiger partial charge in [-0.25, -0.2) is 0 Å². The molecule has 118 valence electrons. The summed E-state index contributed by atoms with van der Waals surface area (Å²) < 4.78 is 21.3. The Labute approximate surface area is 137 Å². The van der Waals surface area contributed by atoms with E-state index < -0.39 is 26.7 Å². The Hall–Kier alpha value is 1.39. The van der Waals surface area contributed by atoms with Gasteiger partial charge < -0.3 is 51.4 Å². The summed E-state index contributed by atoms with van der Waals surface area (Å²) in [6, 6.07) is 0. The molecule has 0 aliphatic rings. The van der Waals surface area contributed by atoms with Gasteiger partial charge in [-0.05, 0) is 19.4 Å². The fraction of sp³-hybridized carbons (Fsp3) is 1.00. The van der Waals surface area contributed by atoms with E-state index >= 15 is 0 Å². The van der Waals surface area contributed by atoms with Crippen molar-refractivity contribution in [1.82, 2.24) is 0 Å². The van der Waals surface area contributed by atoms with Crippen molar-refractivity contribution >= 4 is 27.6 Å². The van der Waals surface area contributed by atoms with Crippen LogP contribution in [0.5, 0.6) is 0 Å². The number of nitrogens with two attached hydrogens (primary N) is 1. The molecule has 19 heavy (non-hydrogen) atoms. The second kappa shape index (κ2) is 13.1. The molecule has 2 atom stereocenters. The summed E-state index contributed by atoms with van der Waals surface area (Å²) >= 11 is 0. The molecule has 0 radical (unpaired) electrons. The third-order valence-electron chi connectivity index (χ3n) is 1.64. The van der Waals surface area contributed by atoms with Crippen LogP contribution in [0, 0.1) is 0 Å². The number of aliphatic hydroxyl groups is 1. The van der Waals surface area contributed by atoms with Gasteiger partial charge >= 0.3 is 37.2 Å². The summed E-state index contributed by atoms with van der Waals surface area (Å²) in [5.41, 5.74) is 4.98. The van der Waals surface area contributed by atoms with Gasteiger partial charge in [0.2, 0.25) is 5.08 Å². The van der Waals surface area contributed by atoms with Gasteiger partial charge in [0.05, 0.1) is 0 Å². The molecule has 0 aromatic rings. The first-order chi connectivity index (χ1) is 6.06. The molecule has 11 nitrogen and oxygen atoms in total. The molecule has 0 amide bonds. The molecule has 0 aliphatic carbocycles. The normalized spacial score (nSPS) is 15.7. The summed E-state index contributed by atoms with van der Waals surface area (Å²) in [6.45, 7) is -0.0672. The van der Waals surface area contributed by atoms with Crippen LogP contribution in [0.2, 0.25) is 0 Å². The number of halogens is 1. The first kappa shape index (κ1) is 37.0. The number of rotatable bonds is 5. The van der Waals surface area contributed by atoms with E-state index in [4.69, 9.17) is 20.4 Å². The minimum Gasteiger partial charge on any atom is -0.776 e. The number of hydrogen-bond donors (Lipinski definition) is 5. The Morgan fingerprint density at radius 2 is 1.42 bits per heavy atom. The van der Waals surface area contributed by atoms with Gasteiger partial charge in [0.25, 0.3) is 0 Å². The van der Waals surface area contributed by atoms with E-state index in [1.165, 1.54) is 0 Å². The molecule has 2 unspecified atom stereocenters. The van der Waals surface area contributed by atoms with Crippen LogP contribution in [0.4, 0.5) is 0 Å². The molecule has 12 N–H and O–H groups in total. The molecule has 0 heterocycles. The van der Waals surface area contributed by atoms with Gasteiger partial charge in [-0.15, -0.1) is 12.4 Å². The second-order valence-corrected chi connectivity index (χ2v) is 6.69. The van der Waals surface area contributed by atoms with Crippen LogP contribution in [0.25, 0.3) is 0 Å². The molecule has 0 aromatic heterocycles. The quantitative estimate of drug-likeness (QED) is 0.231. The Balaban J connectivity index is -0.0000000845. The first-order valence-electron chi connectivity index (χ1n) is 3.58. The van der Waals surface area contributed by atoms with Gasteiger partial charge in [-0.2, -0.15) is 0 Å². The van der Waals surface area contributed by atoms with Gasteiger partial charge in [0.15, 0.2) is 7.60 Å². The molecule has 0 aromatic carbocycles. The van der Waals surface area contributed by atoms with Crippen molar-refractivity contribution in [3.05, 3.63) is 0 Å². The van der Waals surface area contributed by atoms with E-state index in [0.717, 1.165) is 0 Å². The molecule has 0 spiro atoms. The summed E-state index contributed by atoms with van der Waals surface area (Å²) in [5, 5.41) is 5.74. The smallest absolute Gasteiger partial charge is 0.776 e. The van der Waals surface area contributed by atoms with Gasteiger partial charge in [-0.3, -0.25) is 4.57 Å². The molecule has 0 bridgehead atoms. The average molecular weight is 362 g/mol. The SMILES string of the molecule is Cl.NCCCC(O)(P(=O)([O-])O)P(=O)(O)O.O.O.O.[Na+]. The van der Waals surface area contributed by atoms with E-state index in [0.29, 0.717) is 0 Å². The van der Waals surface area contributed by atoms with Crippen molar-refractivity contribution in [2.75, 3.05) is 6.54 Å². The van der Waals surface area contributed by atoms with Crippen LogP contribution in [-0.4, -0.2) is 47.8 Å². The zero-order chi connectivity index (χ0) is 11.6. The summed E-state index contributed by atoms with van der Waals surface area (Å²) in [7, 11) is -10.9. The fourth-order valence-electron chi connectivity index (χ4n) is 0.791. The van der Waals surface area contributed by atoms with E-state index in [2.05, 4.69) is 0 Å². The van der Waals surface area contributed by atoms with E-state index in [1.54, 1.807) is 0 Å². The van der Waals surface area contributed by atoms with Gasteiger partial charge in [0.1, 0.15) is 0 Å². The molecule has 0 rings (SSSR count). The van der Waals surface area contributed by atoms with Crippen molar-refractivity contribution < 1.29 is 79.8 Å². The minimum atomic E-state index is -5.55. The van der Waals surface area contributed by atoms with E-state index in [1.807, 2.05) is 0 Å². The third-order valence-corrected chi connectivity index (χ3v) is 5.46. The summed E-state index contributed by atoms with van der Waals surface area (Å²) in [5.74, 6) is 0. The fourth-order valence-corrected chi connectivity index (χ4v) is 3.00. The molecule has 0 aliphatic heterocycles. The van der Waals surface area contributed by atoms with Crippen molar-refractivity contribution in [1.29, 1.82) is 0 Å². The van der Waals surface area contributed by atoms with Crippen LogP contribution in [-0.2, 0) is 9.13 Å². The minimum absolute atomic E-state index is 0. The van der Waals surface area contributed by atoms with Crippen molar-refractivity contribution in [2.24, 2.45) is 5.73 Å². The van der Waals surface area contributed by atoms with Crippen molar-refractivity contribution in [3.8, 4) is 0 Å². The molecule has 15 heteroatoms. The average Bonchev–Trinajstić information content (AvgIpc) is 1.95. The van der Waals surface area contributed by atoms with Crippen LogP contribution >= 0.6 is 27.6 Å². The number of hydrogen-bond acceptors (Lipinski definition) is 5. The van der Waals surface area contributed by atoms with Crippen LogP contribution in [0.15, 0.2) is 0 Å². The largest absolute Gasteiger partial charge is 1.00 e. The molecule has 0 fully saturated rings. The van der Waals surface area contributed by atoms with E-state index in [-0.39, 0.29) is 71.4 Å². The van der Waals surface area contributed by atoms with Crippen LogP contribution in [0.1, 0.15) is 12.8 Å². The standard InChI is InChI=1S/C4H13NO7P2.ClH.Na.3H2O/c5-3-1-2-4(6,13(7,8)9)14(10,11)12;;;;;/h6H,1-3,5H2,(H2,7,8,9)(H2,10,11,12);1H;;3*1H2/q;;+1;;;/p-1. The van der Waals surface area contributed by atoms with E-state index in [9.17, 15) is 19.1 Å². The second-order valence-electron chi connectivity index (χ2n) is 2.73. The van der Waals surface area contributed by atoms with Gasteiger partial charge in [-0.1, -0.05) is 0 Å².